The van der Waals surface area contributed by atoms with Gasteiger partial charge in [-0.2, -0.15) is 0 Å². The first kappa shape index (κ1) is 1.96. The minimum absolute atomic E-state index is 0.0956. The topological polar surface area (TPSA) is 26.3 Å². The van der Waals surface area contributed by atoms with E-state index in [0.717, 1.165) is 0 Å². The number of ether oxygens (including phenoxy) is 1. The zero-order valence-corrected chi connectivity index (χ0v) is 3.52. The molecule has 0 amide bonds. The molecule has 0 aromatic carbocycles. The average molecular weight is 91.1 g/mol. The fourth-order valence-electron chi connectivity index (χ4n) is 0.0722. The Bertz CT molecular complexity index is 107. The monoisotopic (exact) mass is 91.1 g/mol. The molecule has 0 aliphatic heterocycles. The first-order valence-corrected chi connectivity index (χ1v) is 1.67. The summed E-state index contributed by atoms with van der Waals surface area (Å²) in [4.78, 5) is 10.2. The van der Waals surface area contributed by atoms with Gasteiger partial charge < -0.3 is 4.74 Å². The standard InChI is InChI=1S/C4H8O2/c1-3-4(5)6-2/h3H2,1-2H3/i2D3. The Morgan fingerprint density at radius 1 is 2.17 bits per heavy atom. The average Bonchev–Trinajstić information content (AvgIpc) is 1.62. The maximum Gasteiger partial charge on any atom is 0.305 e. The molecule has 0 aromatic rings. The largest absolute Gasteiger partial charge is 0.469 e. The van der Waals surface area contributed by atoms with Crippen molar-refractivity contribution >= 4 is 5.97 Å². The van der Waals surface area contributed by atoms with Crippen LogP contribution >= 0.6 is 0 Å². The Balaban J connectivity index is 3.60. The summed E-state index contributed by atoms with van der Waals surface area (Å²) in [7, 11) is -2.58. The van der Waals surface area contributed by atoms with Gasteiger partial charge >= 0.3 is 5.97 Å². The molecule has 0 aromatic heterocycles. The molecule has 36 valence electrons. The normalized spacial score (nSPS) is 17.2. The highest BCUT2D eigenvalue weighted by Crippen LogP contribution is 1.76. The molecular formula is C4H8O2. The number of hydrogen-bond donors (Lipinski definition) is 0. The lowest BCUT2D eigenvalue weighted by Crippen LogP contribution is -1.94. The minimum atomic E-state index is -2.58. The van der Waals surface area contributed by atoms with Gasteiger partial charge in [0.05, 0.1) is 11.2 Å². The van der Waals surface area contributed by atoms with Crippen LogP contribution in [0.4, 0.5) is 0 Å². The third kappa shape index (κ3) is 1.76. The van der Waals surface area contributed by atoms with E-state index in [9.17, 15) is 4.79 Å². The highest BCUT2D eigenvalue weighted by molar-refractivity contribution is 5.68. The van der Waals surface area contributed by atoms with Gasteiger partial charge in [0.15, 0.2) is 0 Å². The molecule has 0 N–H and O–H groups in total. The first-order valence-electron chi connectivity index (χ1n) is 3.17. The van der Waals surface area contributed by atoms with Crippen molar-refractivity contribution < 1.29 is 13.6 Å². The number of rotatable bonds is 1. The summed E-state index contributed by atoms with van der Waals surface area (Å²) < 4.78 is 23.3. The van der Waals surface area contributed by atoms with Gasteiger partial charge in [-0.25, -0.2) is 0 Å². The summed E-state index contributed by atoms with van der Waals surface area (Å²) in [6.07, 6.45) is 0.0956. The van der Waals surface area contributed by atoms with Crippen LogP contribution in [-0.4, -0.2) is 13.0 Å². The van der Waals surface area contributed by atoms with Gasteiger partial charge in [-0.15, -0.1) is 0 Å². The summed E-state index contributed by atoms with van der Waals surface area (Å²) in [6, 6.07) is 0. The second-order valence-corrected chi connectivity index (χ2v) is 0.828. The molecular weight excluding hydrogens is 80.0 g/mol. The fourth-order valence-corrected chi connectivity index (χ4v) is 0.0722. The van der Waals surface area contributed by atoms with Crippen molar-refractivity contribution in [3.05, 3.63) is 0 Å². The predicted molar refractivity (Wildman–Crippen MR) is 22.3 cm³/mol. The van der Waals surface area contributed by atoms with E-state index in [1.165, 1.54) is 6.92 Å². The maximum absolute atomic E-state index is 10.2. The summed E-state index contributed by atoms with van der Waals surface area (Å²) in [6.45, 7) is 1.54. The van der Waals surface area contributed by atoms with E-state index in [2.05, 4.69) is 4.74 Å². The quantitative estimate of drug-likeness (QED) is 0.441. The highest BCUT2D eigenvalue weighted by Gasteiger charge is 1.87. The van der Waals surface area contributed by atoms with Crippen LogP contribution in [0, 0.1) is 0 Å². The number of esters is 1. The van der Waals surface area contributed by atoms with Crippen molar-refractivity contribution in [2.45, 2.75) is 13.3 Å². The lowest BCUT2D eigenvalue weighted by atomic mass is 10.5. The number of hydrogen-bond acceptors (Lipinski definition) is 2. The molecule has 6 heavy (non-hydrogen) atoms. The van der Waals surface area contributed by atoms with Crippen molar-refractivity contribution in [1.29, 1.82) is 0 Å². The second-order valence-electron chi connectivity index (χ2n) is 0.828. The van der Waals surface area contributed by atoms with Gasteiger partial charge in [0.2, 0.25) is 0 Å². The zero-order valence-electron chi connectivity index (χ0n) is 6.52. The number of methoxy groups -OCH3 is 1. The Hall–Kier alpha value is -0.530. The number of carbonyl (C=O) groups is 1. The molecule has 0 heterocycles. The van der Waals surface area contributed by atoms with Crippen LogP contribution < -0.4 is 0 Å². The van der Waals surface area contributed by atoms with Gasteiger partial charge in [-0.3, -0.25) is 4.79 Å². The van der Waals surface area contributed by atoms with Crippen molar-refractivity contribution in [3.63, 3.8) is 0 Å². The summed E-state index contributed by atoms with van der Waals surface area (Å²) in [5.41, 5.74) is 0. The molecule has 0 saturated heterocycles. The Labute approximate surface area is 41.3 Å². The Morgan fingerprint density at radius 2 is 2.83 bits per heavy atom. The molecule has 0 unspecified atom stereocenters. The minimum Gasteiger partial charge on any atom is -0.469 e. The van der Waals surface area contributed by atoms with E-state index in [-0.39, 0.29) is 6.42 Å². The van der Waals surface area contributed by atoms with E-state index < -0.39 is 13.0 Å². The van der Waals surface area contributed by atoms with Crippen LogP contribution in [-0.2, 0) is 9.53 Å². The fraction of sp³-hybridized carbons (Fsp3) is 0.750. The summed E-state index contributed by atoms with van der Waals surface area (Å²) in [5, 5.41) is 0. The van der Waals surface area contributed by atoms with Gasteiger partial charge in [0.25, 0.3) is 0 Å². The third-order valence-electron chi connectivity index (χ3n) is 0.403. The van der Waals surface area contributed by atoms with E-state index >= 15 is 0 Å². The van der Waals surface area contributed by atoms with Gasteiger partial charge in [0, 0.05) is 6.42 Å². The Kier molecular flexibility index (Phi) is 0.879. The zero-order chi connectivity index (χ0) is 7.49. The molecule has 0 bridgehead atoms. The molecule has 0 aliphatic rings. The number of carbonyl (C=O) groups excluding carboxylic acids is 1. The molecule has 0 atom stereocenters. The lowest BCUT2D eigenvalue weighted by molar-refractivity contribution is -0.140. The van der Waals surface area contributed by atoms with Crippen LogP contribution in [0.1, 0.15) is 17.5 Å². The van der Waals surface area contributed by atoms with Gasteiger partial charge in [0.1, 0.15) is 0 Å². The second kappa shape index (κ2) is 2.69. The van der Waals surface area contributed by atoms with Crippen molar-refractivity contribution in [2.75, 3.05) is 7.04 Å². The van der Waals surface area contributed by atoms with Gasteiger partial charge in [-0.05, 0) is 0 Å². The molecule has 0 rings (SSSR count). The van der Waals surface area contributed by atoms with E-state index in [0.29, 0.717) is 0 Å². The molecule has 0 fully saturated rings. The highest BCUT2D eigenvalue weighted by atomic mass is 16.5. The van der Waals surface area contributed by atoms with Crippen LogP contribution in [0.2, 0.25) is 0 Å². The first-order chi connectivity index (χ1) is 3.95. The van der Waals surface area contributed by atoms with Crippen molar-refractivity contribution in [3.8, 4) is 0 Å². The molecule has 0 aliphatic carbocycles. The van der Waals surface area contributed by atoms with Crippen LogP contribution in [0.3, 0.4) is 0 Å². The molecule has 2 heteroatoms. The van der Waals surface area contributed by atoms with Gasteiger partial charge in [-0.1, -0.05) is 6.92 Å². The van der Waals surface area contributed by atoms with Crippen LogP contribution in [0.5, 0.6) is 0 Å². The summed E-state index contributed by atoms with van der Waals surface area (Å²) >= 11 is 0. The smallest absolute Gasteiger partial charge is 0.305 e. The maximum atomic E-state index is 10.2. The summed E-state index contributed by atoms with van der Waals surface area (Å²) in [5.74, 6) is -0.699. The van der Waals surface area contributed by atoms with E-state index in [1.54, 1.807) is 0 Å². The van der Waals surface area contributed by atoms with Crippen molar-refractivity contribution in [2.24, 2.45) is 0 Å². The Morgan fingerprint density at radius 3 is 3.00 bits per heavy atom. The van der Waals surface area contributed by atoms with Crippen LogP contribution in [0.25, 0.3) is 0 Å². The van der Waals surface area contributed by atoms with Crippen LogP contribution in [0.15, 0.2) is 0 Å². The van der Waals surface area contributed by atoms with Crippen molar-refractivity contribution in [1.82, 2.24) is 0 Å². The molecule has 0 spiro atoms. The van der Waals surface area contributed by atoms with E-state index in [4.69, 9.17) is 4.11 Å². The predicted octanol–water partition coefficient (Wildman–Crippen LogP) is 0.569. The third-order valence-corrected chi connectivity index (χ3v) is 0.403. The SMILES string of the molecule is [2H]C([2H])([2H])OC(=O)CC. The molecule has 0 saturated carbocycles. The molecule has 2 nitrogen and oxygen atoms in total. The lowest BCUT2D eigenvalue weighted by Gasteiger charge is -1.87. The molecule has 0 radical (unpaired) electrons. The van der Waals surface area contributed by atoms with E-state index in [1.807, 2.05) is 0 Å².